The molecule has 3 nitrogen and oxygen atoms in total. The molecule has 3 N–H and O–H groups in total. The van der Waals surface area contributed by atoms with Gasteiger partial charge in [0.2, 0.25) is 5.91 Å². The van der Waals surface area contributed by atoms with Crippen molar-refractivity contribution in [2.45, 2.75) is 51.6 Å². The van der Waals surface area contributed by atoms with Gasteiger partial charge in [0.15, 0.2) is 0 Å². The number of halogens is 1. The van der Waals surface area contributed by atoms with E-state index in [2.05, 4.69) is 19.2 Å². The normalized spacial score (nSPS) is 26.5. The predicted molar refractivity (Wildman–Crippen MR) is 89.5 cm³/mol. The molecule has 1 aromatic rings. The largest absolute Gasteiger partial charge is 0.352 e. The van der Waals surface area contributed by atoms with Crippen LogP contribution in [0.25, 0.3) is 0 Å². The second kappa shape index (κ2) is 8.40. The van der Waals surface area contributed by atoms with Gasteiger partial charge in [-0.25, -0.2) is 0 Å². The maximum Gasteiger partial charge on any atom is 0.237 e. The van der Waals surface area contributed by atoms with Crippen LogP contribution in [0.2, 0.25) is 0 Å². The number of carbonyl (C=O) groups excluding carboxylic acids is 1. The lowest BCUT2D eigenvalue weighted by molar-refractivity contribution is -0.123. The Morgan fingerprint density at radius 2 is 1.95 bits per heavy atom. The second-order valence-corrected chi connectivity index (χ2v) is 6.18. The van der Waals surface area contributed by atoms with E-state index < -0.39 is 6.04 Å². The summed E-state index contributed by atoms with van der Waals surface area (Å²) in [6.07, 6.45) is 4.15. The Bertz CT molecular complexity index is 438. The van der Waals surface area contributed by atoms with Crippen LogP contribution in [0.1, 0.15) is 38.7 Å². The van der Waals surface area contributed by atoms with E-state index in [1.165, 1.54) is 12.8 Å². The number of hydrogen-bond donors (Lipinski definition) is 2. The second-order valence-electron chi connectivity index (χ2n) is 6.18. The Morgan fingerprint density at radius 1 is 1.29 bits per heavy atom. The Hall–Kier alpha value is -1.06. The molecular weight excluding hydrogens is 284 g/mol. The van der Waals surface area contributed by atoms with Crippen LogP contribution in [-0.4, -0.2) is 18.0 Å². The van der Waals surface area contributed by atoms with E-state index in [1.807, 2.05) is 30.3 Å². The number of hydrogen-bond acceptors (Lipinski definition) is 2. The standard InChI is InChI=1S/C17H26N2O.ClH/c1-12-7-6-10-16(13(12)2)19-17(20)15(18)11-14-8-4-3-5-9-14;/h3-5,8-9,12-13,15-16H,6-7,10-11,18H2,1-2H3,(H,19,20);1H. The first-order chi connectivity index (χ1) is 9.58. The van der Waals surface area contributed by atoms with Crippen LogP contribution in [-0.2, 0) is 11.2 Å². The molecule has 1 aliphatic rings. The molecule has 4 unspecified atom stereocenters. The van der Waals surface area contributed by atoms with Crippen molar-refractivity contribution in [2.75, 3.05) is 0 Å². The number of rotatable bonds is 4. The molecule has 0 aromatic heterocycles. The zero-order valence-corrected chi connectivity index (χ0v) is 13.7. The van der Waals surface area contributed by atoms with Crippen LogP contribution in [0.3, 0.4) is 0 Å². The van der Waals surface area contributed by atoms with Gasteiger partial charge in [0, 0.05) is 6.04 Å². The molecule has 4 atom stereocenters. The SMILES string of the molecule is CC1CCCC(NC(=O)C(N)Cc2ccccc2)C1C.Cl. The first kappa shape index (κ1) is 18.0. The van der Waals surface area contributed by atoms with Crippen molar-refractivity contribution in [3.8, 4) is 0 Å². The first-order valence-electron chi connectivity index (χ1n) is 7.68. The van der Waals surface area contributed by atoms with Gasteiger partial charge in [-0.1, -0.05) is 57.0 Å². The zero-order chi connectivity index (χ0) is 14.5. The van der Waals surface area contributed by atoms with E-state index >= 15 is 0 Å². The smallest absolute Gasteiger partial charge is 0.237 e. The summed E-state index contributed by atoms with van der Waals surface area (Å²) in [6.45, 7) is 4.50. The molecule has 0 heterocycles. The molecule has 4 heteroatoms. The summed E-state index contributed by atoms with van der Waals surface area (Å²) in [5.74, 6) is 1.20. The molecule has 1 fully saturated rings. The van der Waals surface area contributed by atoms with Crippen molar-refractivity contribution in [3.63, 3.8) is 0 Å². The van der Waals surface area contributed by atoms with Crippen LogP contribution < -0.4 is 11.1 Å². The molecule has 118 valence electrons. The van der Waals surface area contributed by atoms with E-state index in [0.29, 0.717) is 18.3 Å². The van der Waals surface area contributed by atoms with Crippen molar-refractivity contribution in [1.82, 2.24) is 5.32 Å². The Morgan fingerprint density at radius 3 is 2.62 bits per heavy atom. The molecule has 0 aliphatic heterocycles. The zero-order valence-electron chi connectivity index (χ0n) is 12.9. The summed E-state index contributed by atoms with van der Waals surface area (Å²) in [6, 6.07) is 9.78. The molecule has 2 rings (SSSR count). The lowest BCUT2D eigenvalue weighted by Crippen LogP contribution is -2.50. The van der Waals surface area contributed by atoms with Crippen LogP contribution in [0, 0.1) is 11.8 Å². The molecule has 1 aromatic carbocycles. The maximum absolute atomic E-state index is 12.2. The maximum atomic E-state index is 12.2. The predicted octanol–water partition coefficient (Wildman–Crippen LogP) is 2.92. The first-order valence-corrected chi connectivity index (χ1v) is 7.68. The van der Waals surface area contributed by atoms with Gasteiger partial charge >= 0.3 is 0 Å². The minimum Gasteiger partial charge on any atom is -0.352 e. The number of amides is 1. The average Bonchev–Trinajstić information content (AvgIpc) is 2.45. The van der Waals surface area contributed by atoms with Gasteiger partial charge < -0.3 is 11.1 Å². The summed E-state index contributed by atoms with van der Waals surface area (Å²) in [5, 5.41) is 3.16. The summed E-state index contributed by atoms with van der Waals surface area (Å²) < 4.78 is 0. The van der Waals surface area contributed by atoms with Gasteiger partial charge in [0.1, 0.15) is 0 Å². The van der Waals surface area contributed by atoms with Crippen LogP contribution in [0.15, 0.2) is 30.3 Å². The van der Waals surface area contributed by atoms with Gasteiger partial charge in [-0.2, -0.15) is 0 Å². The van der Waals surface area contributed by atoms with Crippen molar-refractivity contribution >= 4 is 18.3 Å². The quantitative estimate of drug-likeness (QED) is 0.898. The fourth-order valence-corrected chi connectivity index (χ4v) is 3.04. The Balaban J connectivity index is 0.00000220. The highest BCUT2D eigenvalue weighted by molar-refractivity contribution is 5.85. The van der Waals surface area contributed by atoms with E-state index in [-0.39, 0.29) is 24.4 Å². The highest BCUT2D eigenvalue weighted by atomic mass is 35.5. The third kappa shape index (κ3) is 5.01. The topological polar surface area (TPSA) is 55.1 Å². The lowest BCUT2D eigenvalue weighted by Gasteiger charge is -2.35. The molecule has 1 saturated carbocycles. The number of benzene rings is 1. The molecule has 0 saturated heterocycles. The molecule has 1 aliphatic carbocycles. The van der Waals surface area contributed by atoms with Crippen LogP contribution >= 0.6 is 12.4 Å². The molecule has 0 bridgehead atoms. The van der Waals surface area contributed by atoms with Gasteiger partial charge in [0.05, 0.1) is 6.04 Å². The van der Waals surface area contributed by atoms with E-state index in [1.54, 1.807) is 0 Å². The molecule has 1 amide bonds. The minimum atomic E-state index is -0.457. The monoisotopic (exact) mass is 310 g/mol. The summed E-state index contributed by atoms with van der Waals surface area (Å²) in [5.41, 5.74) is 7.15. The summed E-state index contributed by atoms with van der Waals surface area (Å²) in [4.78, 5) is 12.2. The minimum absolute atomic E-state index is 0. The van der Waals surface area contributed by atoms with E-state index in [0.717, 1.165) is 12.0 Å². The molecule has 0 spiro atoms. The van der Waals surface area contributed by atoms with E-state index in [4.69, 9.17) is 5.73 Å². The average molecular weight is 311 g/mol. The van der Waals surface area contributed by atoms with Crippen molar-refractivity contribution < 1.29 is 4.79 Å². The third-order valence-electron chi connectivity index (χ3n) is 4.67. The number of carbonyl (C=O) groups is 1. The highest BCUT2D eigenvalue weighted by Gasteiger charge is 2.29. The van der Waals surface area contributed by atoms with Crippen molar-refractivity contribution in [1.29, 1.82) is 0 Å². The van der Waals surface area contributed by atoms with Crippen molar-refractivity contribution in [3.05, 3.63) is 35.9 Å². The molecular formula is C17H27ClN2O. The Labute approximate surface area is 134 Å². The van der Waals surface area contributed by atoms with E-state index in [9.17, 15) is 4.79 Å². The van der Waals surface area contributed by atoms with Gasteiger partial charge in [0.25, 0.3) is 0 Å². The number of nitrogens with one attached hydrogen (secondary N) is 1. The lowest BCUT2D eigenvalue weighted by atomic mass is 9.78. The Kier molecular flexibility index (Phi) is 7.20. The fraction of sp³-hybridized carbons (Fsp3) is 0.588. The molecule has 0 radical (unpaired) electrons. The van der Waals surface area contributed by atoms with Gasteiger partial charge in [-0.15, -0.1) is 12.4 Å². The van der Waals surface area contributed by atoms with Crippen molar-refractivity contribution in [2.24, 2.45) is 17.6 Å². The van der Waals surface area contributed by atoms with Crippen LogP contribution in [0.4, 0.5) is 0 Å². The summed E-state index contributed by atoms with van der Waals surface area (Å²) in [7, 11) is 0. The van der Waals surface area contributed by atoms with Crippen LogP contribution in [0.5, 0.6) is 0 Å². The number of nitrogens with two attached hydrogens (primary N) is 1. The highest BCUT2D eigenvalue weighted by Crippen LogP contribution is 2.29. The fourth-order valence-electron chi connectivity index (χ4n) is 3.04. The third-order valence-corrected chi connectivity index (χ3v) is 4.67. The summed E-state index contributed by atoms with van der Waals surface area (Å²) >= 11 is 0. The van der Waals surface area contributed by atoms with Gasteiger partial charge in [-0.3, -0.25) is 4.79 Å². The van der Waals surface area contributed by atoms with Gasteiger partial charge in [-0.05, 0) is 30.2 Å². The molecule has 21 heavy (non-hydrogen) atoms.